The first-order chi connectivity index (χ1) is 12.9. The molecule has 27 heavy (non-hydrogen) atoms. The molecular weight excluding hydrogens is 374 g/mol. The van der Waals surface area contributed by atoms with Crippen LogP contribution in [0.25, 0.3) is 0 Å². The van der Waals surface area contributed by atoms with Gasteiger partial charge in [-0.15, -0.1) is 0 Å². The molecule has 0 amide bonds. The molecule has 0 aromatic rings. The minimum Gasteiger partial charge on any atom is -0.481 e. The molecule has 5 heteroatoms. The lowest BCUT2D eigenvalue weighted by Gasteiger charge is -2.19. The molecule has 0 saturated carbocycles. The van der Waals surface area contributed by atoms with Crippen LogP contribution < -0.4 is 0 Å². The normalized spacial score (nSPS) is 13.4. The summed E-state index contributed by atoms with van der Waals surface area (Å²) in [6.45, 7) is 4.02. The second-order valence-corrected chi connectivity index (χ2v) is 9.71. The number of unbranched alkanes of at least 4 members (excludes halogenated alkanes) is 10. The fourth-order valence-corrected chi connectivity index (χ4v) is 4.39. The fourth-order valence-electron chi connectivity index (χ4n) is 2.82. The van der Waals surface area contributed by atoms with Crippen molar-refractivity contribution < 1.29 is 9.90 Å². The number of rotatable bonds is 17. The third kappa shape index (κ3) is 17.0. The Morgan fingerprint density at radius 1 is 1.07 bits per heavy atom. The largest absolute Gasteiger partial charge is 0.481 e. The quantitative estimate of drug-likeness (QED) is 0.153. The lowest BCUT2D eigenvalue weighted by molar-refractivity contribution is -0.137. The number of thiocarbonyl (C=S) groups is 1. The molecule has 3 nitrogen and oxygen atoms in total. The average molecular weight is 412 g/mol. The Morgan fingerprint density at radius 2 is 1.63 bits per heavy atom. The molecule has 154 valence electrons. The van der Waals surface area contributed by atoms with Gasteiger partial charge in [0.05, 0.1) is 10.3 Å². The van der Waals surface area contributed by atoms with E-state index in [1.54, 1.807) is 6.92 Å². The molecule has 1 N–H and O–H groups in total. The van der Waals surface area contributed by atoms with Crippen LogP contribution in [0.2, 0.25) is 0 Å². The van der Waals surface area contributed by atoms with Crippen LogP contribution in [0.3, 0.4) is 0 Å². The van der Waals surface area contributed by atoms with E-state index in [4.69, 9.17) is 17.3 Å². The summed E-state index contributed by atoms with van der Waals surface area (Å²) >= 11 is 6.68. The highest BCUT2D eigenvalue weighted by atomic mass is 32.2. The number of aliphatic carboxylic acids is 1. The van der Waals surface area contributed by atoms with Crippen molar-refractivity contribution in [2.75, 3.05) is 0 Å². The van der Waals surface area contributed by atoms with E-state index < -0.39 is 10.7 Å². The molecule has 0 bridgehead atoms. The van der Waals surface area contributed by atoms with Crippen molar-refractivity contribution in [3.8, 4) is 6.07 Å². The molecule has 0 heterocycles. The highest BCUT2D eigenvalue weighted by Crippen LogP contribution is 2.31. The van der Waals surface area contributed by atoms with Crippen molar-refractivity contribution in [2.24, 2.45) is 0 Å². The number of hydrogen-bond acceptors (Lipinski definition) is 4. The second kappa shape index (κ2) is 17.3. The van der Waals surface area contributed by atoms with Gasteiger partial charge in [-0.1, -0.05) is 101 Å². The Labute approximate surface area is 176 Å². The Morgan fingerprint density at radius 3 is 2.15 bits per heavy atom. The zero-order valence-electron chi connectivity index (χ0n) is 17.2. The molecule has 0 rings (SSSR count). The number of allylic oxidation sites excluding steroid dienone is 2. The van der Waals surface area contributed by atoms with Gasteiger partial charge in [0.15, 0.2) is 0 Å². The molecule has 0 radical (unpaired) electrons. The van der Waals surface area contributed by atoms with E-state index in [9.17, 15) is 10.1 Å². The van der Waals surface area contributed by atoms with Crippen molar-refractivity contribution >= 4 is 34.1 Å². The van der Waals surface area contributed by atoms with E-state index in [0.717, 1.165) is 10.6 Å². The van der Waals surface area contributed by atoms with E-state index in [1.807, 2.05) is 0 Å². The average Bonchev–Trinajstić information content (AvgIpc) is 2.64. The highest BCUT2D eigenvalue weighted by Gasteiger charge is 2.27. The topological polar surface area (TPSA) is 61.1 Å². The molecule has 0 aromatic carbocycles. The summed E-state index contributed by atoms with van der Waals surface area (Å²) in [5.41, 5.74) is 0. The van der Waals surface area contributed by atoms with Crippen molar-refractivity contribution in [1.82, 2.24) is 0 Å². The molecule has 0 aromatic heterocycles. The maximum absolute atomic E-state index is 10.7. The van der Waals surface area contributed by atoms with Crippen LogP contribution in [0.1, 0.15) is 104 Å². The lowest BCUT2D eigenvalue weighted by atomic mass is 10.1. The summed E-state index contributed by atoms with van der Waals surface area (Å²) in [7, 11) is 0. The zero-order valence-corrected chi connectivity index (χ0v) is 18.8. The van der Waals surface area contributed by atoms with Crippen LogP contribution in [0.15, 0.2) is 12.2 Å². The summed E-state index contributed by atoms with van der Waals surface area (Å²) in [6.07, 6.45) is 19.8. The molecule has 1 atom stereocenters. The molecule has 1 unspecified atom stereocenters. The number of hydrogen-bond donors (Lipinski definition) is 1. The summed E-state index contributed by atoms with van der Waals surface area (Å²) in [5.74, 6) is -0.876. The number of nitriles is 1. The predicted octanol–water partition coefficient (Wildman–Crippen LogP) is 7.45. The van der Waals surface area contributed by atoms with Gasteiger partial charge in [-0.25, -0.2) is 0 Å². The number of carbonyl (C=O) groups is 1. The van der Waals surface area contributed by atoms with Gasteiger partial charge in [-0.05, 0) is 26.2 Å². The van der Waals surface area contributed by atoms with Crippen molar-refractivity contribution in [3.05, 3.63) is 12.2 Å². The first-order valence-electron chi connectivity index (χ1n) is 10.4. The zero-order chi connectivity index (χ0) is 20.4. The SMILES string of the molecule is CCCCCCCCCCCCC=CCC(=S)SC(C)(C#N)CCC(=O)O. The maximum Gasteiger partial charge on any atom is 0.303 e. The van der Waals surface area contributed by atoms with Gasteiger partial charge in [0.1, 0.15) is 4.75 Å². The van der Waals surface area contributed by atoms with Crippen LogP contribution in [0, 0.1) is 11.3 Å². The first kappa shape index (κ1) is 26.1. The van der Waals surface area contributed by atoms with Gasteiger partial charge in [-0.3, -0.25) is 4.79 Å². The minimum atomic E-state index is -0.876. The van der Waals surface area contributed by atoms with E-state index in [0.29, 0.717) is 12.8 Å². The Balaban J connectivity index is 3.68. The van der Waals surface area contributed by atoms with E-state index in [1.165, 1.54) is 76.0 Å². The monoisotopic (exact) mass is 411 g/mol. The summed E-state index contributed by atoms with van der Waals surface area (Å²) < 4.78 is 0.00334. The summed E-state index contributed by atoms with van der Waals surface area (Å²) in [5, 5.41) is 18.1. The number of thioether (sulfide) groups is 1. The van der Waals surface area contributed by atoms with Gasteiger partial charge in [0, 0.05) is 12.8 Å². The van der Waals surface area contributed by atoms with Crippen molar-refractivity contribution in [3.63, 3.8) is 0 Å². The molecule has 0 aliphatic rings. The summed E-state index contributed by atoms with van der Waals surface area (Å²) in [6, 6.07) is 2.20. The van der Waals surface area contributed by atoms with Crippen LogP contribution in [0.5, 0.6) is 0 Å². The van der Waals surface area contributed by atoms with Crippen molar-refractivity contribution in [2.45, 2.75) is 108 Å². The predicted molar refractivity (Wildman–Crippen MR) is 121 cm³/mol. The van der Waals surface area contributed by atoms with Crippen LogP contribution in [-0.2, 0) is 4.79 Å². The number of carboxylic acid groups (broad SMARTS) is 1. The van der Waals surface area contributed by atoms with E-state index >= 15 is 0 Å². The Kier molecular flexibility index (Phi) is 16.7. The van der Waals surface area contributed by atoms with E-state index in [-0.39, 0.29) is 6.42 Å². The lowest BCUT2D eigenvalue weighted by Crippen LogP contribution is -2.20. The molecule has 0 aliphatic heterocycles. The number of nitrogens with zero attached hydrogens (tertiary/aromatic N) is 1. The van der Waals surface area contributed by atoms with Crippen molar-refractivity contribution in [1.29, 1.82) is 5.26 Å². The molecular formula is C22H37NO2S2. The van der Waals surface area contributed by atoms with Crippen LogP contribution in [-0.4, -0.2) is 20.0 Å². The van der Waals surface area contributed by atoms with Gasteiger partial charge in [0.25, 0.3) is 0 Å². The summed E-state index contributed by atoms with van der Waals surface area (Å²) in [4.78, 5) is 10.7. The van der Waals surface area contributed by atoms with Gasteiger partial charge in [-0.2, -0.15) is 5.26 Å². The number of carboxylic acids is 1. The third-order valence-electron chi connectivity index (χ3n) is 4.57. The Hall–Kier alpha value is -0.860. The smallest absolute Gasteiger partial charge is 0.303 e. The third-order valence-corrected chi connectivity index (χ3v) is 6.12. The van der Waals surface area contributed by atoms with E-state index in [2.05, 4.69) is 25.1 Å². The molecule has 0 saturated heterocycles. The van der Waals surface area contributed by atoms with Crippen LogP contribution >= 0.6 is 24.0 Å². The van der Waals surface area contributed by atoms with Gasteiger partial charge in [0.2, 0.25) is 0 Å². The molecule has 0 spiro atoms. The second-order valence-electron chi connectivity index (χ2n) is 7.36. The molecule has 0 aliphatic carbocycles. The maximum atomic E-state index is 10.7. The Bertz CT molecular complexity index is 485. The van der Waals surface area contributed by atoms with Gasteiger partial charge < -0.3 is 5.11 Å². The highest BCUT2D eigenvalue weighted by molar-refractivity contribution is 8.24. The standard InChI is InChI=1S/C22H37NO2S2/c1-3-4-5-6-7-8-9-10-11-12-13-14-15-16-21(26)27-22(2,19-23)18-17-20(24)25/h14-15H,3-13,16-18H2,1-2H3,(H,24,25). The minimum absolute atomic E-state index is 0.00570. The van der Waals surface area contributed by atoms with Crippen LogP contribution in [0.4, 0.5) is 0 Å². The molecule has 0 fully saturated rings. The fraction of sp³-hybridized carbons (Fsp3) is 0.773. The first-order valence-corrected chi connectivity index (χ1v) is 11.7. The van der Waals surface area contributed by atoms with Gasteiger partial charge >= 0.3 is 5.97 Å².